The van der Waals surface area contributed by atoms with E-state index >= 15 is 0 Å². The van der Waals surface area contributed by atoms with E-state index in [-0.39, 0.29) is 18.0 Å². The van der Waals surface area contributed by atoms with Gasteiger partial charge in [-0.1, -0.05) is 11.6 Å². The van der Waals surface area contributed by atoms with Gasteiger partial charge in [-0.15, -0.1) is 0 Å². The molecule has 1 heterocycles. The lowest BCUT2D eigenvalue weighted by Gasteiger charge is -2.41. The Balaban J connectivity index is 2.30. The number of halogens is 1. The van der Waals surface area contributed by atoms with Crippen molar-refractivity contribution in [1.82, 2.24) is 10.6 Å². The fourth-order valence-electron chi connectivity index (χ4n) is 2.33. The van der Waals surface area contributed by atoms with Crippen LogP contribution in [0.5, 0.6) is 0 Å². The van der Waals surface area contributed by atoms with E-state index in [9.17, 15) is 4.79 Å². The first-order chi connectivity index (χ1) is 8.63. The van der Waals surface area contributed by atoms with Gasteiger partial charge in [0, 0.05) is 29.8 Å². The van der Waals surface area contributed by atoms with Crippen LogP contribution in [0.2, 0.25) is 5.02 Å². The Labute approximate surface area is 112 Å². The lowest BCUT2D eigenvalue weighted by Crippen LogP contribution is -2.62. The Hall–Kier alpha value is -1.26. The maximum absolute atomic E-state index is 12.0. The van der Waals surface area contributed by atoms with Crippen molar-refractivity contribution in [3.63, 3.8) is 0 Å². The van der Waals surface area contributed by atoms with E-state index in [1.165, 1.54) is 0 Å². The first-order valence-electron chi connectivity index (χ1n) is 6.09. The molecule has 98 valence electrons. The molecule has 0 spiro atoms. The average Bonchev–Trinajstić information content (AvgIpc) is 2.36. The summed E-state index contributed by atoms with van der Waals surface area (Å²) >= 11 is 5.90. The SMILES string of the molecule is CNCC1C(=O)NCC(C)N1c1ccc(Cl)cc1. The molecule has 1 aromatic rings. The molecule has 1 aromatic carbocycles. The van der Waals surface area contributed by atoms with Crippen LogP contribution in [0.25, 0.3) is 0 Å². The molecular weight excluding hydrogens is 250 g/mol. The minimum atomic E-state index is -0.181. The second-order valence-corrected chi connectivity index (χ2v) is 4.99. The van der Waals surface area contributed by atoms with Crippen molar-refractivity contribution in [2.75, 3.05) is 25.0 Å². The van der Waals surface area contributed by atoms with Gasteiger partial charge in [-0.3, -0.25) is 4.79 Å². The van der Waals surface area contributed by atoms with Crippen LogP contribution in [0.1, 0.15) is 6.92 Å². The van der Waals surface area contributed by atoms with Gasteiger partial charge >= 0.3 is 0 Å². The van der Waals surface area contributed by atoms with Gasteiger partial charge in [0.2, 0.25) is 5.91 Å². The normalized spacial score (nSPS) is 23.9. The van der Waals surface area contributed by atoms with E-state index < -0.39 is 0 Å². The molecule has 0 radical (unpaired) electrons. The molecule has 0 aliphatic carbocycles. The molecule has 2 rings (SSSR count). The Morgan fingerprint density at radius 2 is 2.11 bits per heavy atom. The number of anilines is 1. The Kier molecular flexibility index (Phi) is 4.09. The number of rotatable bonds is 3. The van der Waals surface area contributed by atoms with Gasteiger partial charge in [-0.25, -0.2) is 0 Å². The van der Waals surface area contributed by atoms with Crippen LogP contribution in [0.4, 0.5) is 5.69 Å². The largest absolute Gasteiger partial charge is 0.354 e. The van der Waals surface area contributed by atoms with E-state index in [0.29, 0.717) is 18.1 Å². The number of likely N-dealkylation sites (N-methyl/N-ethyl adjacent to an activating group) is 1. The highest BCUT2D eigenvalue weighted by molar-refractivity contribution is 6.30. The molecule has 0 saturated carbocycles. The number of carbonyl (C=O) groups excluding carboxylic acids is 1. The number of hydrogen-bond donors (Lipinski definition) is 2. The first-order valence-corrected chi connectivity index (χ1v) is 6.47. The molecule has 0 aromatic heterocycles. The predicted octanol–water partition coefficient (Wildman–Crippen LogP) is 1.25. The molecule has 18 heavy (non-hydrogen) atoms. The highest BCUT2D eigenvalue weighted by Gasteiger charge is 2.33. The van der Waals surface area contributed by atoms with Gasteiger partial charge in [-0.2, -0.15) is 0 Å². The van der Waals surface area contributed by atoms with E-state index in [1.807, 2.05) is 31.3 Å². The summed E-state index contributed by atoms with van der Waals surface area (Å²) in [5.74, 6) is 0.0670. The highest BCUT2D eigenvalue weighted by atomic mass is 35.5. The fourth-order valence-corrected chi connectivity index (χ4v) is 2.46. The number of nitrogens with zero attached hydrogens (tertiary/aromatic N) is 1. The van der Waals surface area contributed by atoms with Crippen LogP contribution in [0, 0.1) is 0 Å². The van der Waals surface area contributed by atoms with Crippen molar-refractivity contribution in [1.29, 1.82) is 0 Å². The molecule has 2 N–H and O–H groups in total. The topological polar surface area (TPSA) is 44.4 Å². The molecule has 1 aliphatic rings. The van der Waals surface area contributed by atoms with Gasteiger partial charge in [0.05, 0.1) is 0 Å². The molecule has 2 atom stereocenters. The Morgan fingerprint density at radius 1 is 1.44 bits per heavy atom. The van der Waals surface area contributed by atoms with Crippen LogP contribution >= 0.6 is 11.6 Å². The number of hydrogen-bond acceptors (Lipinski definition) is 3. The highest BCUT2D eigenvalue weighted by Crippen LogP contribution is 2.24. The van der Waals surface area contributed by atoms with Crippen molar-refractivity contribution >= 4 is 23.2 Å². The summed E-state index contributed by atoms with van der Waals surface area (Å²) in [5.41, 5.74) is 1.03. The van der Waals surface area contributed by atoms with Crippen LogP contribution in [-0.4, -0.2) is 38.1 Å². The third-order valence-corrected chi connectivity index (χ3v) is 3.46. The minimum Gasteiger partial charge on any atom is -0.354 e. The van der Waals surface area contributed by atoms with E-state index in [4.69, 9.17) is 11.6 Å². The van der Waals surface area contributed by atoms with Gasteiger partial charge in [0.15, 0.2) is 0 Å². The van der Waals surface area contributed by atoms with Crippen molar-refractivity contribution in [2.45, 2.75) is 19.0 Å². The zero-order valence-corrected chi connectivity index (χ0v) is 11.4. The monoisotopic (exact) mass is 267 g/mol. The smallest absolute Gasteiger partial charge is 0.244 e. The third kappa shape index (κ3) is 2.60. The zero-order chi connectivity index (χ0) is 13.1. The molecule has 2 unspecified atom stereocenters. The summed E-state index contributed by atoms with van der Waals surface area (Å²) in [5, 5.41) is 6.71. The van der Waals surface area contributed by atoms with Crippen molar-refractivity contribution in [2.24, 2.45) is 0 Å². The fraction of sp³-hybridized carbons (Fsp3) is 0.462. The molecule has 4 nitrogen and oxygen atoms in total. The third-order valence-electron chi connectivity index (χ3n) is 3.21. The molecule has 1 fully saturated rings. The molecule has 1 saturated heterocycles. The summed E-state index contributed by atoms with van der Waals surface area (Å²) in [6.07, 6.45) is 0. The summed E-state index contributed by atoms with van der Waals surface area (Å²) in [7, 11) is 1.85. The maximum atomic E-state index is 12.0. The van der Waals surface area contributed by atoms with E-state index in [0.717, 1.165) is 5.69 Å². The second kappa shape index (κ2) is 5.59. The molecule has 1 aliphatic heterocycles. The first kappa shape index (κ1) is 13.2. The quantitative estimate of drug-likeness (QED) is 0.867. The minimum absolute atomic E-state index is 0.0670. The lowest BCUT2D eigenvalue weighted by molar-refractivity contribution is -0.123. The summed E-state index contributed by atoms with van der Waals surface area (Å²) < 4.78 is 0. The second-order valence-electron chi connectivity index (χ2n) is 4.55. The molecular formula is C13H18ClN3O. The summed E-state index contributed by atoms with van der Waals surface area (Å²) in [4.78, 5) is 14.1. The van der Waals surface area contributed by atoms with Crippen LogP contribution in [0.15, 0.2) is 24.3 Å². The predicted molar refractivity (Wildman–Crippen MR) is 74.1 cm³/mol. The van der Waals surface area contributed by atoms with Gasteiger partial charge < -0.3 is 15.5 Å². The number of carbonyl (C=O) groups is 1. The number of nitrogens with one attached hydrogen (secondary N) is 2. The van der Waals surface area contributed by atoms with Crippen LogP contribution in [0.3, 0.4) is 0 Å². The molecule has 0 bridgehead atoms. The number of piperazine rings is 1. The summed E-state index contributed by atoms with van der Waals surface area (Å²) in [6.45, 7) is 3.40. The van der Waals surface area contributed by atoms with Gasteiger partial charge in [0.1, 0.15) is 6.04 Å². The molecule has 1 amide bonds. The molecule has 5 heteroatoms. The van der Waals surface area contributed by atoms with Crippen molar-refractivity contribution < 1.29 is 4.79 Å². The van der Waals surface area contributed by atoms with E-state index in [2.05, 4.69) is 22.5 Å². The Morgan fingerprint density at radius 3 is 2.72 bits per heavy atom. The van der Waals surface area contributed by atoms with Crippen molar-refractivity contribution in [3.05, 3.63) is 29.3 Å². The van der Waals surface area contributed by atoms with Crippen LogP contribution in [-0.2, 0) is 4.79 Å². The maximum Gasteiger partial charge on any atom is 0.244 e. The Bertz CT molecular complexity index is 421. The van der Waals surface area contributed by atoms with Gasteiger partial charge in [-0.05, 0) is 38.2 Å². The zero-order valence-electron chi connectivity index (χ0n) is 10.6. The summed E-state index contributed by atoms with van der Waals surface area (Å²) in [6, 6.07) is 7.71. The van der Waals surface area contributed by atoms with Gasteiger partial charge in [0.25, 0.3) is 0 Å². The van der Waals surface area contributed by atoms with Crippen LogP contribution < -0.4 is 15.5 Å². The average molecular weight is 268 g/mol. The number of benzene rings is 1. The van der Waals surface area contributed by atoms with Crippen molar-refractivity contribution in [3.8, 4) is 0 Å². The standard InChI is InChI=1S/C13H18ClN3O/c1-9-7-16-13(18)12(8-15-2)17(9)11-5-3-10(14)4-6-11/h3-6,9,12,15H,7-8H2,1-2H3,(H,16,18). The lowest BCUT2D eigenvalue weighted by atomic mass is 10.1. The van der Waals surface area contributed by atoms with E-state index in [1.54, 1.807) is 0 Å². The number of amides is 1.